The lowest BCUT2D eigenvalue weighted by Crippen LogP contribution is -2.30. The normalized spacial score (nSPS) is 20.7. The zero-order valence-corrected chi connectivity index (χ0v) is 43.8. The quantitative estimate of drug-likeness (QED) is 0.0267. The topological polar surface area (TPSA) is 193 Å². The van der Waals surface area contributed by atoms with Gasteiger partial charge in [0.15, 0.2) is 5.78 Å². The van der Waals surface area contributed by atoms with Gasteiger partial charge >= 0.3 is 35.8 Å². The average molecular weight is 1060 g/mol. The summed E-state index contributed by atoms with van der Waals surface area (Å²) in [7, 11) is 3.06. The van der Waals surface area contributed by atoms with Crippen LogP contribution in [-0.2, 0) is 49.4 Å². The lowest BCUT2D eigenvalue weighted by molar-refractivity contribution is -0.153. The molecule has 3 aliphatic carbocycles. The first-order valence-corrected chi connectivity index (χ1v) is 26.4. The van der Waals surface area contributed by atoms with E-state index in [-0.39, 0.29) is 84.2 Å². The maximum atomic E-state index is 13.3. The van der Waals surface area contributed by atoms with Crippen LogP contribution < -0.4 is 23.7 Å². The van der Waals surface area contributed by atoms with Gasteiger partial charge in [-0.2, -0.15) is 0 Å². The molecule has 3 fully saturated rings. The number of hydrogen-bond acceptors (Lipinski definition) is 16. The molecule has 0 amide bonds. The van der Waals surface area contributed by atoms with Crippen molar-refractivity contribution < 1.29 is 71.5 Å². The molecule has 3 saturated carbocycles. The van der Waals surface area contributed by atoms with Crippen LogP contribution >= 0.6 is 22.9 Å². The number of ketones is 1. The zero-order valence-electron chi connectivity index (χ0n) is 42.2. The summed E-state index contributed by atoms with van der Waals surface area (Å²) in [6.45, 7) is 4.28. The van der Waals surface area contributed by atoms with Crippen LogP contribution in [0, 0.1) is 49.4 Å². The lowest BCUT2D eigenvalue weighted by Gasteiger charge is -2.26. The van der Waals surface area contributed by atoms with Gasteiger partial charge in [-0.1, -0.05) is 23.7 Å². The molecule has 1 heterocycles. The van der Waals surface area contributed by atoms with Gasteiger partial charge in [-0.3, -0.25) is 33.6 Å². The van der Waals surface area contributed by atoms with Crippen molar-refractivity contribution in [3.63, 3.8) is 0 Å². The van der Waals surface area contributed by atoms with Gasteiger partial charge < -0.3 is 37.9 Å². The molecule has 15 nitrogen and oxygen atoms in total. The maximum Gasteiger partial charge on any atom is 0.314 e. The van der Waals surface area contributed by atoms with E-state index < -0.39 is 11.9 Å². The van der Waals surface area contributed by atoms with Crippen molar-refractivity contribution >= 4 is 70.6 Å². The van der Waals surface area contributed by atoms with Crippen molar-refractivity contribution in [2.75, 3.05) is 34.0 Å². The Morgan fingerprint density at radius 2 is 0.959 bits per heavy atom. The molecule has 0 radical (unpaired) electrons. The maximum absolute atomic E-state index is 13.3. The molecule has 0 saturated heterocycles. The number of halogens is 1. The van der Waals surface area contributed by atoms with E-state index in [1.165, 1.54) is 24.5 Å². The Labute approximate surface area is 440 Å². The number of benzene rings is 3. The third-order valence-electron chi connectivity index (χ3n) is 14.0. The van der Waals surface area contributed by atoms with Gasteiger partial charge in [0.2, 0.25) is 0 Å². The summed E-state index contributed by atoms with van der Waals surface area (Å²) in [5, 5.41) is 0. The van der Waals surface area contributed by atoms with Crippen LogP contribution in [0.4, 0.5) is 0 Å². The minimum Gasteiger partial charge on any atom is -0.497 e. The Morgan fingerprint density at radius 1 is 0.514 bits per heavy atom. The highest BCUT2D eigenvalue weighted by molar-refractivity contribution is 7.18. The molecule has 4 aromatic rings. The molecule has 74 heavy (non-hydrogen) atoms. The molecule has 0 spiro atoms. The Balaban J connectivity index is 0.777. The summed E-state index contributed by atoms with van der Waals surface area (Å²) in [5.74, 6) is -2.37. The number of carbonyl (C=O) groups excluding carboxylic acids is 7. The second-order valence-corrected chi connectivity index (χ2v) is 20.9. The molecule has 3 aliphatic rings. The standard InChI is InChI=1S/C57H63ClO15S/c1-34-32-49(73-57(65)42-13-9-38(10-14-42)53(61)69-30-29-66-3)35(2)31-48(34)72-56(64)41-11-7-37(8-12-41)52(60)68-28-27-36-5-20-44(21-6-36)70-54(62)39-15-17-40(18-16-39)55(63)71-47-24-22-45(67-4)33-43(47)19-23-46(59)50-25-26-51(58)74-50/h5-6,19-26,31-33,37-42H,7-18,27-30H2,1-4H3/b23-19+. The van der Waals surface area contributed by atoms with Crippen molar-refractivity contribution in [1.82, 2.24) is 0 Å². The van der Waals surface area contributed by atoms with Crippen molar-refractivity contribution in [2.24, 2.45) is 35.5 Å². The summed E-state index contributed by atoms with van der Waals surface area (Å²) in [5.41, 5.74) is 2.68. The highest BCUT2D eigenvalue weighted by Crippen LogP contribution is 2.37. The number of allylic oxidation sites excluding steroid dienone is 1. The van der Waals surface area contributed by atoms with E-state index in [1.54, 1.807) is 81.6 Å². The van der Waals surface area contributed by atoms with E-state index in [0.717, 1.165) is 5.56 Å². The van der Waals surface area contributed by atoms with Crippen LogP contribution in [-0.4, -0.2) is 75.6 Å². The van der Waals surface area contributed by atoms with E-state index in [2.05, 4.69) is 0 Å². The number of carbonyl (C=O) groups is 7. The van der Waals surface area contributed by atoms with Crippen LogP contribution in [0.3, 0.4) is 0 Å². The number of methoxy groups -OCH3 is 2. The molecule has 394 valence electrons. The van der Waals surface area contributed by atoms with Crippen LogP contribution in [0.15, 0.2) is 72.8 Å². The van der Waals surface area contributed by atoms with Crippen molar-refractivity contribution in [2.45, 2.75) is 97.3 Å². The van der Waals surface area contributed by atoms with Crippen molar-refractivity contribution in [1.29, 1.82) is 0 Å². The van der Waals surface area contributed by atoms with E-state index in [9.17, 15) is 33.6 Å². The molecule has 0 unspecified atom stereocenters. The monoisotopic (exact) mass is 1050 g/mol. The molecule has 17 heteroatoms. The minimum absolute atomic E-state index is 0.171. The zero-order chi connectivity index (χ0) is 52.7. The van der Waals surface area contributed by atoms with Crippen LogP contribution in [0.2, 0.25) is 4.34 Å². The molecular weight excluding hydrogens is 992 g/mol. The summed E-state index contributed by atoms with van der Waals surface area (Å²) < 4.78 is 44.8. The fourth-order valence-corrected chi connectivity index (χ4v) is 10.4. The number of hydrogen-bond donors (Lipinski definition) is 0. The largest absolute Gasteiger partial charge is 0.497 e. The molecule has 0 N–H and O–H groups in total. The minimum atomic E-state index is -0.416. The average Bonchev–Trinajstić information content (AvgIpc) is 3.86. The molecule has 3 aromatic carbocycles. The molecular formula is C57H63ClO15S. The van der Waals surface area contributed by atoms with Gasteiger partial charge in [0, 0.05) is 19.1 Å². The van der Waals surface area contributed by atoms with Gasteiger partial charge in [0.1, 0.15) is 35.4 Å². The third kappa shape index (κ3) is 15.4. The smallest absolute Gasteiger partial charge is 0.314 e. The highest BCUT2D eigenvalue weighted by Gasteiger charge is 2.35. The molecule has 0 aliphatic heterocycles. The van der Waals surface area contributed by atoms with Gasteiger partial charge in [0.05, 0.1) is 65.0 Å². The molecule has 0 bridgehead atoms. The van der Waals surface area contributed by atoms with Gasteiger partial charge in [-0.05, 0) is 174 Å². The van der Waals surface area contributed by atoms with Crippen LogP contribution in [0.1, 0.15) is 109 Å². The summed E-state index contributed by atoms with van der Waals surface area (Å²) in [6, 6.07) is 18.7. The first-order chi connectivity index (χ1) is 35.7. The summed E-state index contributed by atoms with van der Waals surface area (Å²) in [6.07, 6.45) is 9.35. The molecule has 0 atom stereocenters. The Hall–Kier alpha value is -6.36. The van der Waals surface area contributed by atoms with E-state index in [4.69, 9.17) is 49.5 Å². The van der Waals surface area contributed by atoms with Gasteiger partial charge in [-0.15, -0.1) is 11.3 Å². The van der Waals surface area contributed by atoms with E-state index >= 15 is 0 Å². The predicted octanol–water partition coefficient (Wildman–Crippen LogP) is 10.6. The Bertz CT molecular complexity index is 2670. The van der Waals surface area contributed by atoms with E-state index in [1.807, 2.05) is 12.1 Å². The SMILES string of the molecule is COCCOC(=O)C1CCC(C(=O)Oc2cc(C)c(OC(=O)C3CCC(C(=O)OCCc4ccc(OC(=O)C5CCC(C(=O)Oc6ccc(OC)cc6/C=C/C(=O)c6ccc(Cl)s6)CC5)cc4)CC3)cc2C)CC1. The Kier molecular flexibility index (Phi) is 20.0. The first kappa shape index (κ1) is 55.4. The molecule has 7 rings (SSSR count). The Morgan fingerprint density at radius 3 is 1.42 bits per heavy atom. The summed E-state index contributed by atoms with van der Waals surface area (Å²) in [4.78, 5) is 91.2. The fourth-order valence-electron chi connectivity index (χ4n) is 9.48. The lowest BCUT2D eigenvalue weighted by atomic mass is 9.82. The number of aryl methyl sites for hydroxylation is 2. The summed E-state index contributed by atoms with van der Waals surface area (Å²) >= 11 is 7.16. The third-order valence-corrected chi connectivity index (χ3v) is 15.3. The molecule has 1 aromatic heterocycles. The second kappa shape index (κ2) is 26.7. The van der Waals surface area contributed by atoms with Gasteiger partial charge in [-0.25, -0.2) is 0 Å². The van der Waals surface area contributed by atoms with E-state index in [0.29, 0.717) is 139 Å². The number of ether oxygens (including phenoxy) is 8. The van der Waals surface area contributed by atoms with Crippen molar-refractivity contribution in [3.8, 4) is 28.7 Å². The van der Waals surface area contributed by atoms with Gasteiger partial charge in [0.25, 0.3) is 0 Å². The van der Waals surface area contributed by atoms with Crippen LogP contribution in [0.5, 0.6) is 28.7 Å². The number of rotatable bonds is 20. The number of esters is 6. The fraction of sp³-hybridized carbons (Fsp3) is 0.456. The second-order valence-electron chi connectivity index (χ2n) is 19.1. The highest BCUT2D eigenvalue weighted by atomic mass is 35.5. The number of thiophene rings is 1. The first-order valence-electron chi connectivity index (χ1n) is 25.2. The van der Waals surface area contributed by atoms with Crippen molar-refractivity contribution in [3.05, 3.63) is 104 Å². The van der Waals surface area contributed by atoms with Crippen LogP contribution in [0.25, 0.3) is 6.08 Å². The predicted molar refractivity (Wildman–Crippen MR) is 274 cm³/mol.